The summed E-state index contributed by atoms with van der Waals surface area (Å²) >= 11 is 0. The molecule has 0 fully saturated rings. The summed E-state index contributed by atoms with van der Waals surface area (Å²) in [6.07, 6.45) is 4.96. The molecule has 0 aliphatic carbocycles. The van der Waals surface area contributed by atoms with Gasteiger partial charge in [0.15, 0.2) is 0 Å². The van der Waals surface area contributed by atoms with Crippen molar-refractivity contribution in [2.24, 2.45) is 11.5 Å². The Morgan fingerprint density at radius 2 is 1.64 bits per heavy atom. The Bertz CT molecular complexity index is 720. The van der Waals surface area contributed by atoms with E-state index in [0.717, 1.165) is 16.7 Å². The molecular formula is C17H18N4O. The average molecular weight is 294 g/mol. The van der Waals surface area contributed by atoms with E-state index in [1.54, 1.807) is 18.2 Å². The van der Waals surface area contributed by atoms with Gasteiger partial charge in [-0.2, -0.15) is 0 Å². The molecule has 112 valence electrons. The van der Waals surface area contributed by atoms with Crippen LogP contribution in [0.1, 0.15) is 28.3 Å². The predicted molar refractivity (Wildman–Crippen MR) is 90.2 cm³/mol. The fourth-order valence-electron chi connectivity index (χ4n) is 2.00. The summed E-state index contributed by atoms with van der Waals surface area (Å²) < 4.78 is 0. The third-order valence-electron chi connectivity index (χ3n) is 3.28. The van der Waals surface area contributed by atoms with Gasteiger partial charge in [0, 0.05) is 6.21 Å². The first-order chi connectivity index (χ1) is 10.5. The lowest BCUT2D eigenvalue weighted by Crippen LogP contribution is -2.10. The highest BCUT2D eigenvalue weighted by atomic mass is 16.3. The Balaban J connectivity index is 2.16. The Labute approximate surface area is 128 Å². The zero-order valence-electron chi connectivity index (χ0n) is 12.0. The molecule has 1 atom stereocenters. The van der Waals surface area contributed by atoms with Crippen molar-refractivity contribution < 1.29 is 5.11 Å². The van der Waals surface area contributed by atoms with Crippen LogP contribution >= 0.6 is 0 Å². The number of benzene rings is 2. The second-order valence-electron chi connectivity index (χ2n) is 4.88. The number of nitrogens with one attached hydrogen (secondary N) is 2. The van der Waals surface area contributed by atoms with Crippen molar-refractivity contribution in [1.82, 2.24) is 0 Å². The molecule has 22 heavy (non-hydrogen) atoms. The molecule has 0 amide bonds. The molecular weight excluding hydrogens is 276 g/mol. The van der Waals surface area contributed by atoms with Gasteiger partial charge in [-0.05, 0) is 28.8 Å². The lowest BCUT2D eigenvalue weighted by molar-refractivity contribution is 0.474. The van der Waals surface area contributed by atoms with Crippen LogP contribution in [0, 0.1) is 10.8 Å². The minimum absolute atomic E-state index is 0.0121. The van der Waals surface area contributed by atoms with Crippen molar-refractivity contribution in [1.29, 1.82) is 10.8 Å². The van der Waals surface area contributed by atoms with Crippen molar-refractivity contribution in [2.75, 3.05) is 0 Å². The maximum Gasteiger partial charge on any atom is 0.127 e. The highest BCUT2D eigenvalue weighted by Gasteiger charge is 2.04. The minimum atomic E-state index is -0.380. The Morgan fingerprint density at radius 3 is 2.18 bits per heavy atom. The largest absolute Gasteiger partial charge is 0.507 e. The number of rotatable bonds is 5. The Kier molecular flexibility index (Phi) is 4.70. The molecule has 5 nitrogen and oxygen atoms in total. The number of hydrogen-bond acceptors (Lipinski definition) is 4. The highest BCUT2D eigenvalue weighted by molar-refractivity contribution is 5.97. The molecule has 0 radical (unpaired) electrons. The summed E-state index contributed by atoms with van der Waals surface area (Å²) in [6, 6.07) is 12.2. The van der Waals surface area contributed by atoms with Crippen molar-refractivity contribution in [3.05, 3.63) is 64.7 Å². The predicted octanol–water partition coefficient (Wildman–Crippen LogP) is 2.50. The zero-order valence-corrected chi connectivity index (χ0v) is 12.0. The zero-order chi connectivity index (χ0) is 16.1. The summed E-state index contributed by atoms with van der Waals surface area (Å²) in [4.78, 5) is 0. The second-order valence-corrected chi connectivity index (χ2v) is 4.88. The molecule has 0 aromatic heterocycles. The van der Waals surface area contributed by atoms with Gasteiger partial charge < -0.3 is 22.0 Å². The van der Waals surface area contributed by atoms with Crippen LogP contribution in [0.15, 0.2) is 42.5 Å². The molecule has 0 spiro atoms. The number of nitrogen functional groups attached to an aromatic ring is 1. The van der Waals surface area contributed by atoms with Crippen LogP contribution in [0.25, 0.3) is 12.2 Å². The third kappa shape index (κ3) is 3.59. The standard InChI is InChI=1S/C17H18N4O/c18-10-15(19)13-6-3-11(4-7-13)1-2-12-5-8-14(17(20)21)16(22)9-12/h1-10,15,18,22H,19H2,(H3,20,21)/b2-1+,18-10?. The van der Waals surface area contributed by atoms with Gasteiger partial charge in [-0.15, -0.1) is 0 Å². The van der Waals surface area contributed by atoms with E-state index in [0.29, 0.717) is 5.56 Å². The number of nitrogens with two attached hydrogens (primary N) is 2. The summed E-state index contributed by atoms with van der Waals surface area (Å²) in [6.45, 7) is 0. The molecule has 5 heteroatoms. The lowest BCUT2D eigenvalue weighted by atomic mass is 10.0. The van der Waals surface area contributed by atoms with Crippen LogP contribution < -0.4 is 11.5 Å². The molecule has 0 saturated carbocycles. The average Bonchev–Trinajstić information content (AvgIpc) is 2.52. The van der Waals surface area contributed by atoms with Crippen LogP contribution in [-0.4, -0.2) is 17.2 Å². The van der Waals surface area contributed by atoms with Gasteiger partial charge >= 0.3 is 0 Å². The molecule has 2 aromatic rings. The van der Waals surface area contributed by atoms with Gasteiger partial charge in [0.2, 0.25) is 0 Å². The van der Waals surface area contributed by atoms with E-state index in [9.17, 15) is 5.11 Å². The van der Waals surface area contributed by atoms with Crippen LogP contribution in [0.5, 0.6) is 5.75 Å². The van der Waals surface area contributed by atoms with E-state index in [2.05, 4.69) is 0 Å². The quantitative estimate of drug-likeness (QED) is 0.331. The van der Waals surface area contributed by atoms with Crippen molar-refractivity contribution in [3.63, 3.8) is 0 Å². The second kappa shape index (κ2) is 6.69. The number of phenols is 1. The Morgan fingerprint density at radius 1 is 1.05 bits per heavy atom. The maximum atomic E-state index is 9.79. The topological polar surface area (TPSA) is 120 Å². The lowest BCUT2D eigenvalue weighted by Gasteiger charge is -2.05. The number of phenolic OH excluding ortho intramolecular Hbond substituents is 1. The summed E-state index contributed by atoms with van der Waals surface area (Å²) in [5, 5.41) is 24.3. The first-order valence-corrected chi connectivity index (χ1v) is 6.73. The van der Waals surface area contributed by atoms with Gasteiger partial charge in [0.25, 0.3) is 0 Å². The van der Waals surface area contributed by atoms with Gasteiger partial charge in [-0.1, -0.05) is 42.5 Å². The van der Waals surface area contributed by atoms with Crippen LogP contribution in [-0.2, 0) is 0 Å². The first kappa shape index (κ1) is 15.5. The molecule has 0 aliphatic heterocycles. The molecule has 1 unspecified atom stereocenters. The number of hydrogen-bond donors (Lipinski definition) is 5. The smallest absolute Gasteiger partial charge is 0.127 e. The molecule has 7 N–H and O–H groups in total. The van der Waals surface area contributed by atoms with E-state index in [1.807, 2.05) is 36.4 Å². The van der Waals surface area contributed by atoms with E-state index < -0.39 is 0 Å². The van der Waals surface area contributed by atoms with Gasteiger partial charge in [-0.25, -0.2) is 0 Å². The minimum Gasteiger partial charge on any atom is -0.507 e. The van der Waals surface area contributed by atoms with E-state index in [4.69, 9.17) is 22.3 Å². The summed E-state index contributed by atoms with van der Waals surface area (Å²) in [7, 11) is 0. The number of amidine groups is 1. The van der Waals surface area contributed by atoms with Crippen molar-refractivity contribution >= 4 is 24.2 Å². The normalized spacial score (nSPS) is 12.2. The monoisotopic (exact) mass is 294 g/mol. The molecule has 0 bridgehead atoms. The molecule has 0 aliphatic rings. The van der Waals surface area contributed by atoms with Gasteiger partial charge in [0.1, 0.15) is 11.6 Å². The first-order valence-electron chi connectivity index (χ1n) is 6.73. The van der Waals surface area contributed by atoms with Crippen molar-refractivity contribution in [2.45, 2.75) is 6.04 Å². The van der Waals surface area contributed by atoms with Gasteiger partial charge in [-0.3, -0.25) is 5.41 Å². The molecule has 2 aromatic carbocycles. The van der Waals surface area contributed by atoms with E-state index >= 15 is 0 Å². The van der Waals surface area contributed by atoms with Crippen LogP contribution in [0.4, 0.5) is 0 Å². The highest BCUT2D eigenvalue weighted by Crippen LogP contribution is 2.20. The Hall–Kier alpha value is -2.92. The molecule has 0 heterocycles. The third-order valence-corrected chi connectivity index (χ3v) is 3.28. The van der Waals surface area contributed by atoms with Crippen molar-refractivity contribution in [3.8, 4) is 5.75 Å². The van der Waals surface area contributed by atoms with Crippen LogP contribution in [0.3, 0.4) is 0 Å². The van der Waals surface area contributed by atoms with E-state index in [1.165, 1.54) is 6.21 Å². The SMILES string of the molecule is N=CC(N)c1ccc(/C=C/c2ccc(C(=N)N)c(O)c2)cc1. The molecule has 0 saturated heterocycles. The fraction of sp³-hybridized carbons (Fsp3) is 0.0588. The maximum absolute atomic E-state index is 9.79. The molecule has 2 rings (SSSR count). The fourth-order valence-corrected chi connectivity index (χ4v) is 2.00. The van der Waals surface area contributed by atoms with Gasteiger partial charge in [0.05, 0.1) is 11.6 Å². The number of aromatic hydroxyl groups is 1. The summed E-state index contributed by atoms with van der Waals surface area (Å²) in [5.74, 6) is -0.173. The van der Waals surface area contributed by atoms with E-state index in [-0.39, 0.29) is 17.6 Å². The van der Waals surface area contributed by atoms with Crippen LogP contribution in [0.2, 0.25) is 0 Å². The summed E-state index contributed by atoms with van der Waals surface area (Å²) in [5.41, 5.74) is 14.1.